The Hall–Kier alpha value is -4.15. The van der Waals surface area contributed by atoms with E-state index in [9.17, 15) is 19.2 Å². The minimum atomic E-state index is -1.12. The lowest BCUT2D eigenvalue weighted by molar-refractivity contribution is -0.148. The number of alkyl carbamates (subject to hydrolysis) is 1. The van der Waals surface area contributed by atoms with E-state index in [1.165, 1.54) is 12.0 Å². The Bertz CT molecular complexity index is 1430. The van der Waals surface area contributed by atoms with Crippen molar-refractivity contribution >= 4 is 34.8 Å². The zero-order valence-electron chi connectivity index (χ0n) is 25.8. The van der Waals surface area contributed by atoms with Crippen LogP contribution in [0.1, 0.15) is 65.7 Å². The zero-order chi connectivity index (χ0) is 31.5. The van der Waals surface area contributed by atoms with E-state index in [0.717, 1.165) is 23.7 Å². The van der Waals surface area contributed by atoms with E-state index >= 15 is 0 Å². The van der Waals surface area contributed by atoms with Crippen molar-refractivity contribution in [3.8, 4) is 5.75 Å². The van der Waals surface area contributed by atoms with Crippen LogP contribution in [0.3, 0.4) is 0 Å². The number of allylic oxidation sites excluding steroid dienone is 2. The normalized spacial score (nSPS) is 28.4. The highest BCUT2D eigenvalue weighted by Gasteiger charge is 2.62. The predicted octanol–water partition coefficient (Wildman–Crippen LogP) is 4.04. The summed E-state index contributed by atoms with van der Waals surface area (Å²) in [5.41, 5.74) is -1.11. The summed E-state index contributed by atoms with van der Waals surface area (Å²) in [4.78, 5) is 59.7. The number of fused-ring (bicyclic) bond motifs is 3. The molecule has 0 spiro atoms. The number of nitrogens with zero attached hydrogens (tertiary/aromatic N) is 2. The molecule has 1 aromatic heterocycles. The molecule has 3 amide bonds. The molecule has 11 nitrogen and oxygen atoms in total. The van der Waals surface area contributed by atoms with Crippen LogP contribution in [0.2, 0.25) is 0 Å². The first-order chi connectivity index (χ1) is 21.0. The summed E-state index contributed by atoms with van der Waals surface area (Å²) in [7, 11) is 1.31. The van der Waals surface area contributed by atoms with Gasteiger partial charge in [0.05, 0.1) is 19.2 Å². The smallest absolute Gasteiger partial charge is 0.408 e. The Morgan fingerprint density at radius 3 is 2.64 bits per heavy atom. The highest BCUT2D eigenvalue weighted by molar-refractivity contribution is 5.96. The number of ether oxygens (including phenoxy) is 3. The number of carbonyl (C=O) groups is 4. The minimum absolute atomic E-state index is 0.0592. The van der Waals surface area contributed by atoms with Crippen molar-refractivity contribution in [2.24, 2.45) is 5.92 Å². The minimum Gasteiger partial charge on any atom is -0.488 e. The monoisotopic (exact) mass is 606 g/mol. The molecule has 5 atom stereocenters. The van der Waals surface area contributed by atoms with Gasteiger partial charge in [-0.05, 0) is 83.4 Å². The van der Waals surface area contributed by atoms with Gasteiger partial charge in [0.1, 0.15) is 35.1 Å². The van der Waals surface area contributed by atoms with Crippen LogP contribution in [-0.2, 0) is 23.9 Å². The van der Waals surface area contributed by atoms with Crippen molar-refractivity contribution in [3.05, 3.63) is 48.7 Å². The Balaban J connectivity index is 1.44. The molecule has 3 heterocycles. The summed E-state index contributed by atoms with van der Waals surface area (Å²) in [6.07, 6.45) is 8.43. The van der Waals surface area contributed by atoms with Gasteiger partial charge in [-0.1, -0.05) is 24.3 Å². The third-order valence-corrected chi connectivity index (χ3v) is 8.45. The number of para-hydroxylation sites is 1. The topological polar surface area (TPSA) is 136 Å². The highest BCUT2D eigenvalue weighted by atomic mass is 16.6. The molecule has 1 saturated carbocycles. The molecule has 0 bridgehead atoms. The van der Waals surface area contributed by atoms with Gasteiger partial charge in [-0.15, -0.1) is 0 Å². The molecular weight excluding hydrogens is 564 g/mol. The van der Waals surface area contributed by atoms with E-state index in [1.807, 2.05) is 24.3 Å². The van der Waals surface area contributed by atoms with Gasteiger partial charge in [-0.3, -0.25) is 14.6 Å². The highest BCUT2D eigenvalue weighted by Crippen LogP contribution is 2.48. The SMILES string of the molecule is COC(=O)[C@@]12C[C@@H]1CC/C=C/CCC[C@H](NC(=O)OC(C)(C)C)C(=O)N1CC(Oc3ccnc4ccccc34)C[C@H]1C(=O)N2. The number of benzene rings is 1. The van der Waals surface area contributed by atoms with Crippen LogP contribution in [0.5, 0.6) is 5.75 Å². The predicted molar refractivity (Wildman–Crippen MR) is 163 cm³/mol. The largest absolute Gasteiger partial charge is 0.488 e. The molecule has 2 aromatic rings. The fourth-order valence-corrected chi connectivity index (χ4v) is 6.22. The standard InChI is InChI=1S/C33H42N4O7/c1-32(2,3)44-31(41)35-25-15-9-7-5-6-8-12-21-19-33(21,30(40)42-4)36-28(38)26-18-22(20-37(26)29(25)39)43-27-16-17-34-24-14-11-10-13-23(24)27/h5-6,10-11,13-14,16-17,21-22,25-26H,7-9,12,15,18-20H2,1-4H3,(H,35,41)(H,36,38)/b6-5+/t21-,22?,25-,26-,33+/m0/s1. The van der Waals surface area contributed by atoms with Gasteiger partial charge in [-0.25, -0.2) is 9.59 Å². The Labute approximate surface area is 257 Å². The molecule has 2 N–H and O–H groups in total. The number of methoxy groups -OCH3 is 1. The fraction of sp³-hybridized carbons (Fsp3) is 0.545. The van der Waals surface area contributed by atoms with Crippen molar-refractivity contribution in [1.82, 2.24) is 20.5 Å². The summed E-state index contributed by atoms with van der Waals surface area (Å²) in [6, 6.07) is 7.51. The maximum absolute atomic E-state index is 14.2. The summed E-state index contributed by atoms with van der Waals surface area (Å²) in [6.45, 7) is 5.38. The number of esters is 1. The first-order valence-corrected chi connectivity index (χ1v) is 15.4. The van der Waals surface area contributed by atoms with Crippen LogP contribution in [0.4, 0.5) is 4.79 Å². The molecular formula is C33H42N4O7. The fourth-order valence-electron chi connectivity index (χ4n) is 6.22. The average Bonchev–Trinajstić information content (AvgIpc) is 3.50. The lowest BCUT2D eigenvalue weighted by atomic mass is 10.1. The van der Waals surface area contributed by atoms with E-state index < -0.39 is 53.2 Å². The zero-order valence-corrected chi connectivity index (χ0v) is 25.8. The van der Waals surface area contributed by atoms with Crippen molar-refractivity contribution in [3.63, 3.8) is 0 Å². The van der Waals surface area contributed by atoms with Crippen molar-refractivity contribution in [2.45, 2.75) is 95.0 Å². The van der Waals surface area contributed by atoms with Gasteiger partial charge < -0.3 is 29.7 Å². The van der Waals surface area contributed by atoms with Gasteiger partial charge in [0.15, 0.2) is 0 Å². The molecule has 1 aliphatic carbocycles. The lowest BCUT2D eigenvalue weighted by Crippen LogP contribution is -2.56. The number of rotatable bonds is 4. The Morgan fingerprint density at radius 2 is 1.86 bits per heavy atom. The van der Waals surface area contributed by atoms with Crippen LogP contribution in [-0.4, -0.2) is 76.7 Å². The van der Waals surface area contributed by atoms with Gasteiger partial charge in [0.25, 0.3) is 0 Å². The quantitative estimate of drug-likeness (QED) is 0.393. The summed E-state index contributed by atoms with van der Waals surface area (Å²) in [5.74, 6) is -0.797. The number of carbonyl (C=O) groups excluding carboxylic acids is 4. The summed E-state index contributed by atoms with van der Waals surface area (Å²) in [5, 5.41) is 6.54. The molecule has 44 heavy (non-hydrogen) atoms. The second-order valence-corrected chi connectivity index (χ2v) is 12.8. The Kier molecular flexibility index (Phi) is 9.12. The van der Waals surface area contributed by atoms with Crippen molar-refractivity contribution in [1.29, 1.82) is 0 Å². The third-order valence-electron chi connectivity index (χ3n) is 8.45. The van der Waals surface area contributed by atoms with Gasteiger partial charge in [0, 0.05) is 18.0 Å². The Morgan fingerprint density at radius 1 is 1.09 bits per heavy atom. The van der Waals surface area contributed by atoms with Crippen molar-refractivity contribution in [2.75, 3.05) is 13.7 Å². The van der Waals surface area contributed by atoms with E-state index in [0.29, 0.717) is 31.4 Å². The van der Waals surface area contributed by atoms with Crippen LogP contribution in [0.15, 0.2) is 48.7 Å². The van der Waals surface area contributed by atoms with E-state index in [2.05, 4.69) is 27.8 Å². The molecule has 1 saturated heterocycles. The van der Waals surface area contributed by atoms with Gasteiger partial charge >= 0.3 is 12.1 Å². The van der Waals surface area contributed by atoms with Crippen LogP contribution >= 0.6 is 0 Å². The third kappa shape index (κ3) is 6.97. The molecule has 1 aromatic carbocycles. The molecule has 11 heteroatoms. The number of hydrogen-bond acceptors (Lipinski definition) is 8. The first-order valence-electron chi connectivity index (χ1n) is 15.4. The average molecular weight is 607 g/mol. The number of hydrogen-bond donors (Lipinski definition) is 2. The maximum Gasteiger partial charge on any atom is 0.408 e. The lowest BCUT2D eigenvalue weighted by Gasteiger charge is -2.30. The second kappa shape index (κ2) is 12.8. The molecule has 1 unspecified atom stereocenters. The van der Waals surface area contributed by atoms with Crippen LogP contribution < -0.4 is 15.4 Å². The van der Waals surface area contributed by atoms with E-state index in [1.54, 1.807) is 33.0 Å². The summed E-state index contributed by atoms with van der Waals surface area (Å²) < 4.78 is 17.0. The number of pyridine rings is 1. The summed E-state index contributed by atoms with van der Waals surface area (Å²) >= 11 is 0. The number of aromatic nitrogens is 1. The molecule has 5 rings (SSSR count). The molecule has 2 aliphatic heterocycles. The van der Waals surface area contributed by atoms with Gasteiger partial charge in [-0.2, -0.15) is 0 Å². The van der Waals surface area contributed by atoms with E-state index in [-0.39, 0.29) is 18.9 Å². The molecule has 0 radical (unpaired) electrons. The maximum atomic E-state index is 14.2. The van der Waals surface area contributed by atoms with E-state index in [4.69, 9.17) is 14.2 Å². The van der Waals surface area contributed by atoms with Gasteiger partial charge in [0.2, 0.25) is 11.8 Å². The molecule has 236 valence electrons. The second-order valence-electron chi connectivity index (χ2n) is 12.8. The number of nitrogens with one attached hydrogen (secondary N) is 2. The molecule has 3 aliphatic rings. The first kappa shape index (κ1) is 31.3. The van der Waals surface area contributed by atoms with Crippen LogP contribution in [0.25, 0.3) is 10.9 Å². The van der Waals surface area contributed by atoms with Crippen molar-refractivity contribution < 1.29 is 33.4 Å². The number of amides is 3. The van der Waals surface area contributed by atoms with Crippen LogP contribution in [0, 0.1) is 5.92 Å². The molecule has 2 fully saturated rings.